The first-order valence-corrected chi connectivity index (χ1v) is 7.56. The number of benzene rings is 1. The Kier molecular flexibility index (Phi) is 5.83. The van der Waals surface area contributed by atoms with Crippen LogP contribution in [-0.4, -0.2) is 23.0 Å². The summed E-state index contributed by atoms with van der Waals surface area (Å²) in [5.74, 6) is 0.211. The maximum absolute atomic E-state index is 11.6. The second-order valence-corrected chi connectivity index (χ2v) is 5.63. The van der Waals surface area contributed by atoms with Gasteiger partial charge in [0.05, 0.1) is 5.02 Å². The van der Waals surface area contributed by atoms with Crippen LogP contribution < -0.4 is 21.1 Å². The number of nitrogens with two attached hydrogens (primary N) is 1. The van der Waals surface area contributed by atoms with Crippen LogP contribution in [0.3, 0.4) is 0 Å². The van der Waals surface area contributed by atoms with E-state index in [0.717, 1.165) is 0 Å². The van der Waals surface area contributed by atoms with Gasteiger partial charge in [0.1, 0.15) is 16.8 Å². The van der Waals surface area contributed by atoms with E-state index in [4.69, 9.17) is 33.7 Å². The average Bonchev–Trinajstić information content (AvgIpc) is 2.51. The predicted octanol–water partition coefficient (Wildman–Crippen LogP) is 3.18. The smallest absolute Gasteiger partial charge is 0.318 e. The van der Waals surface area contributed by atoms with E-state index in [9.17, 15) is 9.59 Å². The molecule has 1 aromatic heterocycles. The van der Waals surface area contributed by atoms with Crippen molar-refractivity contribution in [2.75, 3.05) is 5.32 Å². The number of carbonyl (C=O) groups is 2. The van der Waals surface area contributed by atoms with Crippen LogP contribution in [0.15, 0.2) is 36.5 Å². The number of nitrogens with zero attached hydrogens (tertiary/aromatic N) is 1. The quantitative estimate of drug-likeness (QED) is 0.751. The fourth-order valence-electron chi connectivity index (χ4n) is 1.75. The predicted molar refractivity (Wildman–Crippen MR) is 91.6 cm³/mol. The third-order valence-corrected chi connectivity index (χ3v) is 3.34. The molecule has 0 bridgehead atoms. The Labute approximate surface area is 148 Å². The zero-order chi connectivity index (χ0) is 17.7. The number of anilines is 1. The summed E-state index contributed by atoms with van der Waals surface area (Å²) in [7, 11) is 0. The molecular formula is C15H14Cl2N4O3. The van der Waals surface area contributed by atoms with Crippen molar-refractivity contribution in [1.29, 1.82) is 0 Å². The second-order valence-electron chi connectivity index (χ2n) is 4.79. The molecule has 0 aliphatic rings. The molecule has 126 valence electrons. The van der Waals surface area contributed by atoms with Crippen molar-refractivity contribution in [1.82, 2.24) is 10.3 Å². The van der Waals surface area contributed by atoms with E-state index in [1.54, 1.807) is 31.2 Å². The van der Waals surface area contributed by atoms with E-state index < -0.39 is 18.0 Å². The molecule has 3 amide bonds. The van der Waals surface area contributed by atoms with Crippen LogP contribution in [0.25, 0.3) is 0 Å². The molecule has 0 unspecified atom stereocenters. The summed E-state index contributed by atoms with van der Waals surface area (Å²) in [6, 6.07) is 6.74. The van der Waals surface area contributed by atoms with Gasteiger partial charge in [-0.3, -0.25) is 10.1 Å². The highest BCUT2D eigenvalue weighted by Crippen LogP contribution is 2.29. The van der Waals surface area contributed by atoms with Gasteiger partial charge in [-0.25, -0.2) is 9.78 Å². The van der Waals surface area contributed by atoms with E-state index in [-0.39, 0.29) is 5.88 Å². The van der Waals surface area contributed by atoms with Gasteiger partial charge in [-0.2, -0.15) is 0 Å². The Morgan fingerprint density at radius 3 is 2.50 bits per heavy atom. The number of carbonyl (C=O) groups excluding carboxylic acids is 2. The van der Waals surface area contributed by atoms with Crippen LogP contribution in [0.2, 0.25) is 10.0 Å². The number of amides is 3. The van der Waals surface area contributed by atoms with Gasteiger partial charge in [-0.1, -0.05) is 23.2 Å². The molecule has 1 aromatic carbocycles. The Morgan fingerprint density at radius 2 is 1.92 bits per heavy atom. The minimum absolute atomic E-state index is 0.232. The van der Waals surface area contributed by atoms with Crippen molar-refractivity contribution in [2.45, 2.75) is 13.0 Å². The first-order valence-electron chi connectivity index (χ1n) is 6.81. The number of imide groups is 1. The normalized spacial score (nSPS) is 11.5. The van der Waals surface area contributed by atoms with Gasteiger partial charge < -0.3 is 15.8 Å². The Hall–Kier alpha value is -2.51. The number of aromatic nitrogens is 1. The largest absolute Gasteiger partial charge is 0.438 e. The minimum Gasteiger partial charge on any atom is -0.438 e. The van der Waals surface area contributed by atoms with E-state index in [2.05, 4.69) is 10.3 Å². The number of urea groups is 1. The van der Waals surface area contributed by atoms with Gasteiger partial charge in [-0.05, 0) is 37.3 Å². The van der Waals surface area contributed by atoms with Crippen LogP contribution in [0.1, 0.15) is 6.92 Å². The van der Waals surface area contributed by atoms with Gasteiger partial charge in [0.25, 0.3) is 0 Å². The molecule has 2 rings (SSSR count). The number of primary amides is 1. The van der Waals surface area contributed by atoms with Gasteiger partial charge in [-0.15, -0.1) is 0 Å². The van der Waals surface area contributed by atoms with Crippen LogP contribution in [0.5, 0.6) is 11.6 Å². The lowest BCUT2D eigenvalue weighted by Gasteiger charge is -2.14. The maximum Gasteiger partial charge on any atom is 0.318 e. The monoisotopic (exact) mass is 368 g/mol. The van der Waals surface area contributed by atoms with Crippen LogP contribution >= 0.6 is 23.2 Å². The highest BCUT2D eigenvalue weighted by Gasteiger charge is 2.14. The molecule has 0 saturated heterocycles. The van der Waals surface area contributed by atoms with Crippen LogP contribution in [0, 0.1) is 0 Å². The molecular weight excluding hydrogens is 355 g/mol. The fourth-order valence-corrected chi connectivity index (χ4v) is 2.17. The standard InChI is InChI=1S/C15H14Cl2N4O3/c1-8(13(22)21-15(18)23)20-10-2-4-11(5-3-10)24-14-12(17)6-9(16)7-19-14/h2-8,20H,1H3,(H3,18,21,22,23)/t8-/m0/s1. The lowest BCUT2D eigenvalue weighted by molar-refractivity contribution is -0.120. The SMILES string of the molecule is C[C@H](Nc1ccc(Oc2ncc(Cl)cc2Cl)cc1)C(=O)NC(N)=O. The number of nitrogens with one attached hydrogen (secondary N) is 2. The molecule has 0 aliphatic heterocycles. The molecule has 0 radical (unpaired) electrons. The van der Waals surface area contributed by atoms with E-state index in [1.807, 2.05) is 5.32 Å². The number of halogens is 2. The number of hydrogen-bond acceptors (Lipinski definition) is 5. The lowest BCUT2D eigenvalue weighted by atomic mass is 10.2. The van der Waals surface area contributed by atoms with Crippen molar-refractivity contribution in [3.05, 3.63) is 46.6 Å². The number of hydrogen-bond donors (Lipinski definition) is 3. The molecule has 4 N–H and O–H groups in total. The molecule has 9 heteroatoms. The molecule has 0 spiro atoms. The Morgan fingerprint density at radius 1 is 1.25 bits per heavy atom. The molecule has 7 nitrogen and oxygen atoms in total. The van der Waals surface area contributed by atoms with Crippen molar-refractivity contribution in [2.24, 2.45) is 5.73 Å². The Balaban J connectivity index is 2.00. The summed E-state index contributed by atoms with van der Waals surface area (Å²) in [6.07, 6.45) is 1.43. The topological polar surface area (TPSA) is 106 Å². The molecule has 24 heavy (non-hydrogen) atoms. The lowest BCUT2D eigenvalue weighted by Crippen LogP contribution is -2.43. The number of ether oxygens (including phenoxy) is 1. The van der Waals surface area contributed by atoms with Crippen molar-refractivity contribution >= 4 is 40.8 Å². The van der Waals surface area contributed by atoms with Gasteiger partial charge in [0.2, 0.25) is 11.8 Å². The maximum atomic E-state index is 11.6. The third kappa shape index (κ3) is 5.00. The van der Waals surface area contributed by atoms with E-state index >= 15 is 0 Å². The van der Waals surface area contributed by atoms with Crippen molar-refractivity contribution < 1.29 is 14.3 Å². The van der Waals surface area contributed by atoms with Crippen LogP contribution in [0.4, 0.5) is 10.5 Å². The van der Waals surface area contributed by atoms with E-state index in [1.165, 1.54) is 12.3 Å². The van der Waals surface area contributed by atoms with Gasteiger partial charge >= 0.3 is 6.03 Å². The van der Waals surface area contributed by atoms with Gasteiger partial charge in [0, 0.05) is 11.9 Å². The zero-order valence-electron chi connectivity index (χ0n) is 12.5. The molecule has 2 aromatic rings. The molecule has 0 fully saturated rings. The summed E-state index contributed by atoms with van der Waals surface area (Å²) in [5, 5.41) is 5.62. The molecule has 0 aliphatic carbocycles. The number of rotatable bonds is 5. The molecule has 1 atom stereocenters. The highest BCUT2D eigenvalue weighted by atomic mass is 35.5. The molecule has 1 heterocycles. The van der Waals surface area contributed by atoms with Crippen molar-refractivity contribution in [3.8, 4) is 11.6 Å². The third-order valence-electron chi connectivity index (χ3n) is 2.87. The van der Waals surface area contributed by atoms with E-state index in [0.29, 0.717) is 21.5 Å². The summed E-state index contributed by atoms with van der Waals surface area (Å²) >= 11 is 11.8. The average molecular weight is 369 g/mol. The number of pyridine rings is 1. The summed E-state index contributed by atoms with van der Waals surface area (Å²) in [5.41, 5.74) is 5.56. The fraction of sp³-hybridized carbons (Fsp3) is 0.133. The Bertz CT molecular complexity index is 753. The van der Waals surface area contributed by atoms with Gasteiger partial charge in [0.15, 0.2) is 0 Å². The second kappa shape index (κ2) is 7.85. The first kappa shape index (κ1) is 17.8. The summed E-state index contributed by atoms with van der Waals surface area (Å²) in [4.78, 5) is 26.2. The summed E-state index contributed by atoms with van der Waals surface area (Å²) in [6.45, 7) is 1.60. The summed E-state index contributed by atoms with van der Waals surface area (Å²) < 4.78 is 5.55. The van der Waals surface area contributed by atoms with Crippen molar-refractivity contribution in [3.63, 3.8) is 0 Å². The zero-order valence-corrected chi connectivity index (χ0v) is 14.1. The highest BCUT2D eigenvalue weighted by molar-refractivity contribution is 6.35. The first-order chi connectivity index (χ1) is 11.3. The molecule has 0 saturated carbocycles. The van der Waals surface area contributed by atoms with Crippen LogP contribution in [-0.2, 0) is 4.79 Å². The minimum atomic E-state index is -0.898.